The van der Waals surface area contributed by atoms with Gasteiger partial charge < -0.3 is 24.0 Å². The standard InChI is InChI=1S/C26H26F3N3O4/c1-15-11-31(14-30-15)21-6-5-17(7-22(21)35-4)8-23-25(34)32(12-16(2)36-23)26(3,13-33)18-9-19(27)24(29)20(28)10-18/h5-11,14,16,33H,12-13H2,1-4H3/b23-8-/t16-,26+/m0/s1. The average molecular weight is 502 g/mol. The fraction of sp³-hybridized carbons (Fsp3) is 0.308. The van der Waals surface area contributed by atoms with Gasteiger partial charge in [-0.05, 0) is 62.2 Å². The molecule has 1 saturated heterocycles. The quantitative estimate of drug-likeness (QED) is 0.407. The maximum atomic E-state index is 14.0. The van der Waals surface area contributed by atoms with E-state index in [2.05, 4.69) is 4.98 Å². The summed E-state index contributed by atoms with van der Waals surface area (Å²) in [6, 6.07) is 6.88. The molecule has 1 N–H and O–H groups in total. The summed E-state index contributed by atoms with van der Waals surface area (Å²) in [4.78, 5) is 18.9. The second-order valence-corrected chi connectivity index (χ2v) is 8.89. The number of aliphatic hydroxyl groups is 1. The topological polar surface area (TPSA) is 76.8 Å². The summed E-state index contributed by atoms with van der Waals surface area (Å²) in [5.74, 6) is -4.52. The highest BCUT2D eigenvalue weighted by molar-refractivity contribution is 5.97. The van der Waals surface area contributed by atoms with Gasteiger partial charge in [-0.1, -0.05) is 6.07 Å². The van der Waals surface area contributed by atoms with Gasteiger partial charge in [-0.3, -0.25) is 4.79 Å². The Morgan fingerprint density at radius 1 is 1.25 bits per heavy atom. The van der Waals surface area contributed by atoms with E-state index in [1.54, 1.807) is 25.4 Å². The number of methoxy groups -OCH3 is 1. The molecule has 2 heterocycles. The summed E-state index contributed by atoms with van der Waals surface area (Å²) < 4.78 is 54.6. The smallest absolute Gasteiger partial charge is 0.289 e. The first-order valence-electron chi connectivity index (χ1n) is 11.2. The highest BCUT2D eigenvalue weighted by Crippen LogP contribution is 2.35. The van der Waals surface area contributed by atoms with E-state index in [9.17, 15) is 23.1 Å². The molecule has 0 unspecified atom stereocenters. The van der Waals surface area contributed by atoms with Crippen LogP contribution in [-0.2, 0) is 15.1 Å². The Morgan fingerprint density at radius 2 is 1.94 bits per heavy atom. The van der Waals surface area contributed by atoms with Gasteiger partial charge in [0.1, 0.15) is 11.9 Å². The van der Waals surface area contributed by atoms with Crippen molar-refractivity contribution >= 4 is 12.0 Å². The molecule has 0 radical (unpaired) electrons. The zero-order valence-corrected chi connectivity index (χ0v) is 20.3. The summed E-state index contributed by atoms with van der Waals surface area (Å²) in [7, 11) is 1.53. The summed E-state index contributed by atoms with van der Waals surface area (Å²) in [6.07, 6.45) is 4.54. The third kappa shape index (κ3) is 4.56. The van der Waals surface area contributed by atoms with E-state index in [1.807, 2.05) is 23.8 Å². The Balaban J connectivity index is 1.71. The van der Waals surface area contributed by atoms with Crippen LogP contribution in [0, 0.1) is 24.4 Å². The number of aliphatic hydroxyl groups excluding tert-OH is 1. The lowest BCUT2D eigenvalue weighted by Gasteiger charge is -2.44. The third-order valence-corrected chi connectivity index (χ3v) is 6.22. The predicted molar refractivity (Wildman–Crippen MR) is 126 cm³/mol. The summed E-state index contributed by atoms with van der Waals surface area (Å²) >= 11 is 0. The first-order valence-corrected chi connectivity index (χ1v) is 11.2. The van der Waals surface area contributed by atoms with Crippen LogP contribution in [-0.4, -0.2) is 51.8 Å². The average Bonchev–Trinajstić information content (AvgIpc) is 3.29. The molecule has 1 aliphatic rings. The second kappa shape index (κ2) is 9.69. The molecule has 1 aromatic heterocycles. The molecule has 0 saturated carbocycles. The van der Waals surface area contributed by atoms with Crippen LogP contribution in [0.3, 0.4) is 0 Å². The van der Waals surface area contributed by atoms with Crippen molar-refractivity contribution in [1.82, 2.24) is 14.5 Å². The highest BCUT2D eigenvalue weighted by Gasteiger charge is 2.43. The maximum Gasteiger partial charge on any atom is 0.289 e. The molecule has 4 rings (SSSR count). The van der Waals surface area contributed by atoms with Gasteiger partial charge in [0.2, 0.25) is 0 Å². The maximum absolute atomic E-state index is 14.0. The molecule has 1 amide bonds. The van der Waals surface area contributed by atoms with Crippen molar-refractivity contribution in [3.8, 4) is 11.4 Å². The van der Waals surface area contributed by atoms with E-state index in [1.165, 1.54) is 25.0 Å². The predicted octanol–water partition coefficient (Wildman–Crippen LogP) is 4.10. The van der Waals surface area contributed by atoms with Crippen LogP contribution < -0.4 is 4.74 Å². The minimum Gasteiger partial charge on any atom is -0.495 e. The molecule has 36 heavy (non-hydrogen) atoms. The molecule has 0 bridgehead atoms. The van der Waals surface area contributed by atoms with Gasteiger partial charge in [0, 0.05) is 6.20 Å². The van der Waals surface area contributed by atoms with Gasteiger partial charge in [0.25, 0.3) is 5.91 Å². The SMILES string of the molecule is COc1cc(/C=C2\O[C@@H](C)CN([C@](C)(CO)c3cc(F)c(F)c(F)c3)C2=O)ccc1-n1cnc(C)c1. The van der Waals surface area contributed by atoms with Crippen molar-refractivity contribution in [3.63, 3.8) is 0 Å². The number of rotatable bonds is 6. The number of carbonyl (C=O) groups excluding carboxylic acids is 1. The van der Waals surface area contributed by atoms with Crippen molar-refractivity contribution < 1.29 is 32.5 Å². The van der Waals surface area contributed by atoms with Crippen molar-refractivity contribution in [2.75, 3.05) is 20.3 Å². The molecule has 1 fully saturated rings. The van der Waals surface area contributed by atoms with Crippen LogP contribution in [0.15, 0.2) is 48.6 Å². The fourth-order valence-corrected chi connectivity index (χ4v) is 4.20. The molecule has 1 aliphatic heterocycles. The number of carbonyl (C=O) groups is 1. The van der Waals surface area contributed by atoms with E-state index in [0.717, 1.165) is 23.5 Å². The van der Waals surface area contributed by atoms with Crippen molar-refractivity contribution in [2.24, 2.45) is 0 Å². The number of aromatic nitrogens is 2. The molecule has 7 nitrogen and oxygen atoms in total. The number of nitrogens with zero attached hydrogens (tertiary/aromatic N) is 3. The van der Waals surface area contributed by atoms with E-state index in [-0.39, 0.29) is 17.9 Å². The minimum absolute atomic E-state index is 0.0234. The van der Waals surface area contributed by atoms with Crippen LogP contribution in [0.1, 0.15) is 30.7 Å². The minimum atomic E-state index is -1.62. The van der Waals surface area contributed by atoms with Crippen LogP contribution in [0.25, 0.3) is 11.8 Å². The zero-order chi connectivity index (χ0) is 26.2. The van der Waals surface area contributed by atoms with E-state index < -0.39 is 41.6 Å². The monoisotopic (exact) mass is 501 g/mol. The van der Waals surface area contributed by atoms with Crippen molar-refractivity contribution in [2.45, 2.75) is 32.4 Å². The Labute approximate surface area is 206 Å². The lowest BCUT2D eigenvalue weighted by atomic mass is 9.89. The van der Waals surface area contributed by atoms with Gasteiger partial charge in [-0.2, -0.15) is 0 Å². The van der Waals surface area contributed by atoms with Gasteiger partial charge in [-0.15, -0.1) is 0 Å². The molecule has 0 aliphatic carbocycles. The summed E-state index contributed by atoms with van der Waals surface area (Å²) in [5.41, 5.74) is 0.578. The molecule has 2 atom stereocenters. The molecule has 190 valence electrons. The highest BCUT2D eigenvalue weighted by atomic mass is 19.2. The largest absolute Gasteiger partial charge is 0.495 e. The fourth-order valence-electron chi connectivity index (χ4n) is 4.20. The summed E-state index contributed by atoms with van der Waals surface area (Å²) in [6.45, 7) is 4.43. The van der Waals surface area contributed by atoms with Crippen LogP contribution >= 0.6 is 0 Å². The number of ether oxygens (including phenoxy) is 2. The lowest BCUT2D eigenvalue weighted by molar-refractivity contribution is -0.149. The molecular formula is C26H26F3N3O4. The van der Waals surface area contributed by atoms with Crippen LogP contribution in [0.4, 0.5) is 13.2 Å². The van der Waals surface area contributed by atoms with Gasteiger partial charge in [0.15, 0.2) is 23.2 Å². The molecule has 3 aromatic rings. The lowest BCUT2D eigenvalue weighted by Crippen LogP contribution is -2.56. The van der Waals surface area contributed by atoms with Gasteiger partial charge in [-0.25, -0.2) is 18.2 Å². The number of amides is 1. The Morgan fingerprint density at radius 3 is 2.53 bits per heavy atom. The molecule has 10 heteroatoms. The van der Waals surface area contributed by atoms with Gasteiger partial charge in [0.05, 0.1) is 43.5 Å². The number of hydrogen-bond donors (Lipinski definition) is 1. The zero-order valence-electron chi connectivity index (χ0n) is 20.3. The van der Waals surface area contributed by atoms with E-state index in [4.69, 9.17) is 9.47 Å². The number of morpholine rings is 1. The van der Waals surface area contributed by atoms with Crippen molar-refractivity contribution in [1.29, 1.82) is 0 Å². The Hall–Kier alpha value is -3.79. The van der Waals surface area contributed by atoms with E-state index in [0.29, 0.717) is 11.3 Å². The van der Waals surface area contributed by atoms with Gasteiger partial charge >= 0.3 is 0 Å². The third-order valence-electron chi connectivity index (χ3n) is 6.22. The number of benzene rings is 2. The Kier molecular flexibility index (Phi) is 6.81. The normalized spacial score (nSPS) is 18.8. The number of imidazole rings is 1. The van der Waals surface area contributed by atoms with E-state index >= 15 is 0 Å². The molecular weight excluding hydrogens is 475 g/mol. The summed E-state index contributed by atoms with van der Waals surface area (Å²) in [5, 5.41) is 10.2. The van der Waals surface area contributed by atoms with Crippen molar-refractivity contribution in [3.05, 3.63) is 82.9 Å². The number of halogens is 3. The molecule has 2 aromatic carbocycles. The number of hydrogen-bond acceptors (Lipinski definition) is 5. The Bertz CT molecular complexity index is 1320. The first kappa shape index (κ1) is 25.3. The molecule has 0 spiro atoms. The van der Waals surface area contributed by atoms with Crippen LogP contribution in [0.2, 0.25) is 0 Å². The second-order valence-electron chi connectivity index (χ2n) is 8.89. The number of aryl methyl sites for hydroxylation is 1. The van der Waals surface area contributed by atoms with Crippen LogP contribution in [0.5, 0.6) is 5.75 Å². The first-order chi connectivity index (χ1) is 17.1.